The van der Waals surface area contributed by atoms with Gasteiger partial charge in [0.2, 0.25) is 11.7 Å². The van der Waals surface area contributed by atoms with E-state index in [9.17, 15) is 9.59 Å². The Morgan fingerprint density at radius 3 is 2.45 bits per heavy atom. The van der Waals surface area contributed by atoms with Gasteiger partial charge in [-0.3, -0.25) is 9.59 Å². The molecule has 8 heteroatoms. The predicted molar refractivity (Wildman–Crippen MR) is 122 cm³/mol. The molecule has 0 radical (unpaired) electrons. The summed E-state index contributed by atoms with van der Waals surface area (Å²) in [5, 5.41) is 3.01. The number of aryl methyl sites for hydroxylation is 1. The van der Waals surface area contributed by atoms with E-state index in [1.165, 1.54) is 11.8 Å². The third-order valence-electron chi connectivity index (χ3n) is 5.45. The highest BCUT2D eigenvalue weighted by Crippen LogP contribution is 2.50. The zero-order chi connectivity index (χ0) is 22.7. The summed E-state index contributed by atoms with van der Waals surface area (Å²) < 4.78 is 16.9. The van der Waals surface area contributed by atoms with Crippen LogP contribution in [0.2, 0.25) is 0 Å². The van der Waals surface area contributed by atoms with Crippen LogP contribution in [-0.4, -0.2) is 39.5 Å². The smallest absolute Gasteiger partial charge is 0.237 e. The fourth-order valence-corrected chi connectivity index (χ4v) is 4.38. The van der Waals surface area contributed by atoms with Crippen molar-refractivity contribution in [2.24, 2.45) is 5.73 Å². The van der Waals surface area contributed by atoms with Gasteiger partial charge in [0.1, 0.15) is 0 Å². The number of carbonyl (C=O) groups excluding carboxylic acids is 1. The topological polar surface area (TPSA) is 99.9 Å². The van der Waals surface area contributed by atoms with Gasteiger partial charge in [0, 0.05) is 5.56 Å². The summed E-state index contributed by atoms with van der Waals surface area (Å²) in [6, 6.07) is 6.22. The van der Waals surface area contributed by atoms with E-state index < -0.39 is 6.04 Å². The Bertz CT molecular complexity index is 1050. The quantitative estimate of drug-likeness (QED) is 0.661. The molecule has 0 spiro atoms. The van der Waals surface area contributed by atoms with Gasteiger partial charge >= 0.3 is 0 Å². The van der Waals surface area contributed by atoms with Crippen LogP contribution in [0.15, 0.2) is 34.0 Å². The van der Waals surface area contributed by atoms with Gasteiger partial charge in [0.25, 0.3) is 0 Å². The fraction of sp³-hybridized carbons (Fsp3) is 0.391. The molecule has 0 heterocycles. The van der Waals surface area contributed by atoms with Crippen molar-refractivity contribution in [2.45, 2.75) is 36.7 Å². The van der Waals surface area contributed by atoms with E-state index in [2.05, 4.69) is 5.32 Å². The van der Waals surface area contributed by atoms with Crippen LogP contribution in [0.5, 0.6) is 17.2 Å². The predicted octanol–water partition coefficient (Wildman–Crippen LogP) is 2.91. The van der Waals surface area contributed by atoms with Gasteiger partial charge < -0.3 is 25.3 Å². The van der Waals surface area contributed by atoms with Gasteiger partial charge in [0.05, 0.1) is 38.3 Å². The number of carbonyl (C=O) groups is 1. The molecule has 0 fully saturated rings. The number of hydrogen-bond acceptors (Lipinski definition) is 7. The lowest BCUT2D eigenvalue weighted by atomic mass is 9.95. The van der Waals surface area contributed by atoms with Crippen LogP contribution in [0.25, 0.3) is 11.1 Å². The number of amides is 1. The molecule has 31 heavy (non-hydrogen) atoms. The fourth-order valence-electron chi connectivity index (χ4n) is 3.92. The van der Waals surface area contributed by atoms with E-state index in [-0.39, 0.29) is 17.4 Å². The van der Waals surface area contributed by atoms with Crippen molar-refractivity contribution in [3.63, 3.8) is 0 Å². The van der Waals surface area contributed by atoms with Gasteiger partial charge in [-0.2, -0.15) is 0 Å². The summed E-state index contributed by atoms with van der Waals surface area (Å²) in [5.74, 6) is 1.30. The van der Waals surface area contributed by atoms with Crippen LogP contribution in [0.4, 0.5) is 0 Å². The van der Waals surface area contributed by atoms with Crippen LogP contribution in [0.3, 0.4) is 0 Å². The Kier molecular flexibility index (Phi) is 7.12. The summed E-state index contributed by atoms with van der Waals surface area (Å²) in [5.41, 5.74) is 9.03. The van der Waals surface area contributed by atoms with E-state index in [4.69, 9.17) is 19.9 Å². The number of benzene rings is 1. The molecule has 2 aromatic rings. The highest BCUT2D eigenvalue weighted by molar-refractivity contribution is 7.98. The lowest BCUT2D eigenvalue weighted by Gasteiger charge is -2.20. The van der Waals surface area contributed by atoms with Gasteiger partial charge in [-0.25, -0.2) is 0 Å². The first kappa shape index (κ1) is 23.0. The van der Waals surface area contributed by atoms with Crippen LogP contribution in [-0.2, 0) is 11.2 Å². The van der Waals surface area contributed by atoms with E-state index in [1.54, 1.807) is 34.3 Å². The van der Waals surface area contributed by atoms with Crippen molar-refractivity contribution < 1.29 is 19.0 Å². The minimum absolute atomic E-state index is 0.100. The molecule has 0 unspecified atom stereocenters. The Labute approximate surface area is 186 Å². The maximum atomic E-state index is 12.9. The molecule has 0 bridgehead atoms. The van der Waals surface area contributed by atoms with Crippen molar-refractivity contribution in [2.75, 3.05) is 27.6 Å². The molecule has 0 aliphatic heterocycles. The highest BCUT2D eigenvalue weighted by atomic mass is 32.2. The Hall–Kier alpha value is -2.71. The van der Waals surface area contributed by atoms with Crippen LogP contribution >= 0.6 is 11.8 Å². The zero-order valence-corrected chi connectivity index (χ0v) is 19.2. The van der Waals surface area contributed by atoms with Crippen molar-refractivity contribution in [3.8, 4) is 28.4 Å². The largest absolute Gasteiger partial charge is 0.493 e. The summed E-state index contributed by atoms with van der Waals surface area (Å²) in [7, 11) is 4.71. The Morgan fingerprint density at radius 2 is 1.87 bits per heavy atom. The number of nitrogens with one attached hydrogen (secondary N) is 1. The lowest BCUT2D eigenvalue weighted by Crippen LogP contribution is -2.40. The lowest BCUT2D eigenvalue weighted by molar-refractivity contribution is -0.122. The monoisotopic (exact) mass is 444 g/mol. The molecule has 7 nitrogen and oxygen atoms in total. The number of nitrogens with two attached hydrogens (primary N) is 1. The molecule has 166 valence electrons. The normalized spacial score (nSPS) is 15.7. The highest BCUT2D eigenvalue weighted by Gasteiger charge is 2.30. The Balaban J connectivity index is 2.36. The van der Waals surface area contributed by atoms with E-state index in [1.807, 2.05) is 24.5 Å². The first-order valence-electron chi connectivity index (χ1n) is 9.96. The van der Waals surface area contributed by atoms with E-state index in [0.717, 1.165) is 22.3 Å². The second-order valence-corrected chi connectivity index (χ2v) is 8.20. The molecule has 3 N–H and O–H groups in total. The maximum absolute atomic E-state index is 12.9. The second-order valence-electron chi connectivity index (χ2n) is 7.35. The molecular weight excluding hydrogens is 416 g/mol. The molecule has 2 atom stereocenters. The zero-order valence-electron chi connectivity index (χ0n) is 18.4. The van der Waals surface area contributed by atoms with Crippen LogP contribution in [0, 0.1) is 0 Å². The first-order chi connectivity index (χ1) is 14.9. The summed E-state index contributed by atoms with van der Waals surface area (Å²) >= 11 is 1.38. The standard InChI is InChI=1S/C23H28N2O5S/c1-12(24)23(27)25-16-8-6-13-10-18(28-2)21(29-3)22(30-4)20(13)14-7-9-19(31-5)17(26)11-15(14)16/h7,9-12,16H,6,8,24H2,1-5H3,(H,25,27)/t12-,16-/m0/s1. The van der Waals surface area contributed by atoms with Crippen LogP contribution in [0.1, 0.15) is 30.5 Å². The van der Waals surface area contributed by atoms with Gasteiger partial charge in [0.15, 0.2) is 16.9 Å². The molecule has 0 saturated heterocycles. The van der Waals surface area contributed by atoms with Crippen molar-refractivity contribution in [1.29, 1.82) is 0 Å². The average molecular weight is 445 g/mol. The third kappa shape index (κ3) is 4.36. The van der Waals surface area contributed by atoms with Gasteiger partial charge in [-0.1, -0.05) is 6.07 Å². The molecule has 1 amide bonds. The number of fused-ring (bicyclic) bond motifs is 3. The molecule has 0 saturated carbocycles. The minimum Gasteiger partial charge on any atom is -0.493 e. The maximum Gasteiger partial charge on any atom is 0.237 e. The first-order valence-corrected chi connectivity index (χ1v) is 11.2. The molecular formula is C23H28N2O5S. The van der Waals surface area contributed by atoms with Crippen molar-refractivity contribution >= 4 is 17.7 Å². The van der Waals surface area contributed by atoms with Crippen molar-refractivity contribution in [3.05, 3.63) is 45.6 Å². The SMILES string of the molecule is COc1cc2c(c(OC)c1OC)-c1ccc(SC)c(=O)cc1[C@@H](NC(=O)[C@H](C)N)CC2. The minimum atomic E-state index is -0.658. The van der Waals surface area contributed by atoms with E-state index in [0.29, 0.717) is 35.0 Å². The average Bonchev–Trinajstić information content (AvgIpc) is 3.00. The Morgan fingerprint density at radius 1 is 1.16 bits per heavy atom. The third-order valence-corrected chi connectivity index (χ3v) is 6.23. The van der Waals surface area contributed by atoms with E-state index >= 15 is 0 Å². The number of thioether (sulfide) groups is 1. The summed E-state index contributed by atoms with van der Waals surface area (Å²) in [4.78, 5) is 25.9. The van der Waals surface area contributed by atoms with Crippen LogP contribution < -0.4 is 30.7 Å². The number of methoxy groups -OCH3 is 3. The number of hydrogen-bond donors (Lipinski definition) is 2. The van der Waals surface area contributed by atoms with Crippen molar-refractivity contribution in [1.82, 2.24) is 5.32 Å². The molecule has 1 aliphatic rings. The molecule has 0 aromatic heterocycles. The second kappa shape index (κ2) is 9.62. The summed E-state index contributed by atoms with van der Waals surface area (Å²) in [6.07, 6.45) is 3.09. The molecule has 1 aliphatic carbocycles. The number of rotatable bonds is 6. The van der Waals surface area contributed by atoms with Gasteiger partial charge in [-0.15, -0.1) is 11.8 Å². The number of ether oxygens (including phenoxy) is 3. The summed E-state index contributed by atoms with van der Waals surface area (Å²) in [6.45, 7) is 1.64. The molecule has 2 aromatic carbocycles. The molecule has 3 rings (SSSR count). The van der Waals surface area contributed by atoms with Gasteiger partial charge in [-0.05, 0) is 60.9 Å².